The van der Waals surface area contributed by atoms with Crippen LogP contribution < -0.4 is 5.32 Å². The van der Waals surface area contributed by atoms with Gasteiger partial charge in [0.25, 0.3) is 0 Å². The molecule has 1 aliphatic heterocycles. The molecule has 1 heterocycles. The van der Waals surface area contributed by atoms with Crippen LogP contribution in [0, 0.1) is 5.82 Å². The number of nitrogens with zero attached hydrogens (tertiary/aromatic N) is 1. The highest BCUT2D eigenvalue weighted by molar-refractivity contribution is 7.89. The van der Waals surface area contributed by atoms with Crippen LogP contribution in [0.2, 0.25) is 5.02 Å². The van der Waals surface area contributed by atoms with Gasteiger partial charge in [0.2, 0.25) is 15.9 Å². The lowest BCUT2D eigenvalue weighted by Gasteiger charge is -2.16. The van der Waals surface area contributed by atoms with Crippen molar-refractivity contribution in [3.05, 3.63) is 64.4 Å². The van der Waals surface area contributed by atoms with E-state index in [1.54, 1.807) is 37.3 Å². The Morgan fingerprint density at radius 3 is 2.45 bits per heavy atom. The fraction of sp³-hybridized carbons (Fsp3) is 0.381. The van der Waals surface area contributed by atoms with Gasteiger partial charge in [0.15, 0.2) is 0 Å². The van der Waals surface area contributed by atoms with Gasteiger partial charge in [-0.05, 0) is 61.6 Å². The largest absolute Gasteiger partial charge is 0.350 e. The van der Waals surface area contributed by atoms with E-state index in [0.29, 0.717) is 19.5 Å². The Labute approximate surface area is 175 Å². The third-order valence-electron chi connectivity index (χ3n) is 5.09. The molecule has 0 radical (unpaired) electrons. The van der Waals surface area contributed by atoms with Crippen LogP contribution in [0.5, 0.6) is 0 Å². The molecule has 5 nitrogen and oxygen atoms in total. The Morgan fingerprint density at radius 2 is 1.83 bits per heavy atom. The van der Waals surface area contributed by atoms with E-state index >= 15 is 0 Å². The van der Waals surface area contributed by atoms with Crippen molar-refractivity contribution in [3.63, 3.8) is 0 Å². The van der Waals surface area contributed by atoms with Crippen LogP contribution in [0.25, 0.3) is 0 Å². The maximum Gasteiger partial charge on any atom is 0.243 e. The standard InChI is InChI=1S/C21H24ClFN2O3S/c1-15(17-7-10-20(23)19(22)14-17)24-21(26)11-6-16-4-8-18(9-5-16)29(27,28)25-12-2-3-13-25/h4-5,7-10,14-15H,2-3,6,11-13H2,1H3,(H,24,26). The maximum atomic E-state index is 13.3. The summed E-state index contributed by atoms with van der Waals surface area (Å²) in [5.74, 6) is -0.643. The summed E-state index contributed by atoms with van der Waals surface area (Å²) < 4.78 is 39.9. The van der Waals surface area contributed by atoms with Crippen molar-refractivity contribution in [2.45, 2.75) is 43.5 Å². The topological polar surface area (TPSA) is 66.5 Å². The van der Waals surface area contributed by atoms with E-state index in [1.165, 1.54) is 16.4 Å². The van der Waals surface area contributed by atoms with Crippen molar-refractivity contribution < 1.29 is 17.6 Å². The van der Waals surface area contributed by atoms with E-state index in [9.17, 15) is 17.6 Å². The molecule has 0 aromatic heterocycles. The monoisotopic (exact) mass is 438 g/mol. The molecular weight excluding hydrogens is 415 g/mol. The highest BCUT2D eigenvalue weighted by Gasteiger charge is 2.26. The van der Waals surface area contributed by atoms with Gasteiger partial charge in [0.05, 0.1) is 16.0 Å². The van der Waals surface area contributed by atoms with Crippen molar-refractivity contribution in [1.29, 1.82) is 0 Å². The number of hydrogen-bond donors (Lipinski definition) is 1. The molecule has 1 saturated heterocycles. The Kier molecular flexibility index (Phi) is 6.93. The van der Waals surface area contributed by atoms with Crippen LogP contribution >= 0.6 is 11.6 Å². The van der Waals surface area contributed by atoms with Gasteiger partial charge in [-0.15, -0.1) is 0 Å². The van der Waals surface area contributed by atoms with E-state index < -0.39 is 15.8 Å². The van der Waals surface area contributed by atoms with Crippen LogP contribution in [-0.4, -0.2) is 31.7 Å². The lowest BCUT2D eigenvalue weighted by molar-refractivity contribution is -0.121. The fourth-order valence-corrected chi connectivity index (χ4v) is 5.05. The third-order valence-corrected chi connectivity index (χ3v) is 7.29. The molecule has 1 aliphatic rings. The van der Waals surface area contributed by atoms with Gasteiger partial charge in [-0.25, -0.2) is 12.8 Å². The highest BCUT2D eigenvalue weighted by Crippen LogP contribution is 2.22. The minimum Gasteiger partial charge on any atom is -0.350 e. The zero-order chi connectivity index (χ0) is 21.0. The number of rotatable bonds is 7. The van der Waals surface area contributed by atoms with Gasteiger partial charge in [-0.2, -0.15) is 4.31 Å². The molecule has 2 aromatic carbocycles. The normalized spacial score (nSPS) is 16.0. The van der Waals surface area contributed by atoms with E-state index in [4.69, 9.17) is 11.6 Å². The first-order chi connectivity index (χ1) is 13.8. The molecule has 1 N–H and O–H groups in total. The van der Waals surface area contributed by atoms with Crippen molar-refractivity contribution in [2.75, 3.05) is 13.1 Å². The molecule has 0 spiro atoms. The number of sulfonamides is 1. The fourth-order valence-electron chi connectivity index (χ4n) is 3.34. The Morgan fingerprint density at radius 1 is 1.17 bits per heavy atom. The van der Waals surface area contributed by atoms with Gasteiger partial charge in [-0.1, -0.05) is 29.8 Å². The number of amides is 1. The molecule has 1 amide bonds. The quantitative estimate of drug-likeness (QED) is 0.708. The summed E-state index contributed by atoms with van der Waals surface area (Å²) in [5, 5.41) is 2.88. The maximum absolute atomic E-state index is 13.3. The van der Waals surface area contributed by atoms with Crippen LogP contribution in [0.15, 0.2) is 47.4 Å². The van der Waals surface area contributed by atoms with Gasteiger partial charge >= 0.3 is 0 Å². The Balaban J connectivity index is 1.54. The average molecular weight is 439 g/mol. The predicted molar refractivity (Wildman–Crippen MR) is 111 cm³/mol. The highest BCUT2D eigenvalue weighted by atomic mass is 35.5. The first kappa shape index (κ1) is 21.7. The summed E-state index contributed by atoms with van der Waals surface area (Å²) in [4.78, 5) is 12.5. The molecule has 8 heteroatoms. The second kappa shape index (κ2) is 9.24. The van der Waals surface area contributed by atoms with Crippen LogP contribution in [0.1, 0.15) is 43.4 Å². The molecule has 1 unspecified atom stereocenters. The van der Waals surface area contributed by atoms with E-state index in [2.05, 4.69) is 5.32 Å². The minimum atomic E-state index is -3.42. The summed E-state index contributed by atoms with van der Waals surface area (Å²) in [5.41, 5.74) is 1.61. The summed E-state index contributed by atoms with van der Waals surface area (Å²) in [6.07, 6.45) is 2.55. The molecule has 0 bridgehead atoms. The lowest BCUT2D eigenvalue weighted by atomic mass is 10.1. The third kappa shape index (κ3) is 5.35. The van der Waals surface area contributed by atoms with Crippen molar-refractivity contribution in [1.82, 2.24) is 9.62 Å². The second-order valence-electron chi connectivity index (χ2n) is 7.22. The number of hydrogen-bond acceptors (Lipinski definition) is 3. The van der Waals surface area contributed by atoms with E-state index in [-0.39, 0.29) is 28.3 Å². The SMILES string of the molecule is CC(NC(=O)CCc1ccc(S(=O)(=O)N2CCCC2)cc1)c1ccc(F)c(Cl)c1. The molecule has 0 saturated carbocycles. The number of carbonyl (C=O) groups excluding carboxylic acids is 1. The van der Waals surface area contributed by atoms with Crippen molar-refractivity contribution in [3.8, 4) is 0 Å². The van der Waals surface area contributed by atoms with E-state index in [1.807, 2.05) is 0 Å². The first-order valence-corrected chi connectivity index (χ1v) is 11.4. The van der Waals surface area contributed by atoms with E-state index in [0.717, 1.165) is 24.0 Å². The molecule has 2 aromatic rings. The molecule has 29 heavy (non-hydrogen) atoms. The smallest absolute Gasteiger partial charge is 0.243 e. The number of benzene rings is 2. The molecule has 156 valence electrons. The Hall–Kier alpha value is -1.96. The summed E-state index contributed by atoms with van der Waals surface area (Å²) in [7, 11) is -3.42. The number of nitrogens with one attached hydrogen (secondary N) is 1. The number of aryl methyl sites for hydroxylation is 1. The number of carbonyl (C=O) groups is 1. The van der Waals surface area contributed by atoms with Gasteiger partial charge in [0.1, 0.15) is 5.82 Å². The van der Waals surface area contributed by atoms with Crippen molar-refractivity contribution in [2.24, 2.45) is 0 Å². The summed E-state index contributed by atoms with van der Waals surface area (Å²) in [6, 6.07) is 10.8. The Bertz CT molecular complexity index is 974. The van der Waals surface area contributed by atoms with Gasteiger partial charge < -0.3 is 5.32 Å². The molecule has 3 rings (SSSR count). The van der Waals surface area contributed by atoms with Crippen LogP contribution in [0.4, 0.5) is 4.39 Å². The minimum absolute atomic E-state index is 0.0209. The average Bonchev–Trinajstić information content (AvgIpc) is 3.24. The zero-order valence-corrected chi connectivity index (χ0v) is 17.8. The van der Waals surface area contributed by atoms with Crippen LogP contribution in [-0.2, 0) is 21.2 Å². The summed E-state index contributed by atoms with van der Waals surface area (Å²) >= 11 is 5.79. The van der Waals surface area contributed by atoms with Crippen molar-refractivity contribution >= 4 is 27.5 Å². The zero-order valence-electron chi connectivity index (χ0n) is 16.2. The number of halogens is 2. The second-order valence-corrected chi connectivity index (χ2v) is 9.56. The van der Waals surface area contributed by atoms with Gasteiger partial charge in [-0.3, -0.25) is 4.79 Å². The summed E-state index contributed by atoms with van der Waals surface area (Å²) in [6.45, 7) is 2.95. The molecule has 1 atom stereocenters. The molecule has 0 aliphatic carbocycles. The van der Waals surface area contributed by atoms with Gasteiger partial charge in [0, 0.05) is 19.5 Å². The molecule has 1 fully saturated rings. The molecular formula is C21H24ClFN2O3S. The lowest BCUT2D eigenvalue weighted by Crippen LogP contribution is -2.28. The van der Waals surface area contributed by atoms with Crippen LogP contribution in [0.3, 0.4) is 0 Å². The predicted octanol–water partition coefficient (Wildman–Crippen LogP) is 4.07. The first-order valence-electron chi connectivity index (χ1n) is 9.61.